The minimum Gasteiger partial charge on any atom is -0.504 e. The summed E-state index contributed by atoms with van der Waals surface area (Å²) in [5, 5.41) is 36.8. The Bertz CT molecular complexity index is 674. The van der Waals surface area contributed by atoms with Gasteiger partial charge in [0.05, 0.1) is 6.33 Å². The summed E-state index contributed by atoms with van der Waals surface area (Å²) >= 11 is 0. The number of benzene rings is 1. The number of hydrogen-bond donors (Lipinski definition) is 3. The zero-order valence-corrected chi connectivity index (χ0v) is 9.94. The molecule has 7 heteroatoms. The van der Waals surface area contributed by atoms with Gasteiger partial charge >= 0.3 is 0 Å². The van der Waals surface area contributed by atoms with Gasteiger partial charge in [-0.25, -0.2) is 9.98 Å². The number of aryl methyl sites for hydroxylation is 1. The van der Waals surface area contributed by atoms with Gasteiger partial charge in [-0.3, -0.25) is 0 Å². The molecule has 1 aromatic carbocycles. The predicted octanol–water partition coefficient (Wildman–Crippen LogP) is 1.16. The third-order valence-electron chi connectivity index (χ3n) is 2.44. The third kappa shape index (κ3) is 2.32. The average Bonchev–Trinajstić information content (AvgIpc) is 2.74. The summed E-state index contributed by atoms with van der Waals surface area (Å²) in [5.74, 6) is -1.14. The van der Waals surface area contributed by atoms with Gasteiger partial charge in [-0.2, -0.15) is 5.26 Å². The summed E-state index contributed by atoms with van der Waals surface area (Å²) in [6, 6.07) is 4.37. The molecule has 19 heavy (non-hydrogen) atoms. The Hall–Kier alpha value is -3.01. The highest BCUT2D eigenvalue weighted by atomic mass is 16.3. The smallest absolute Gasteiger partial charge is 0.200 e. The number of phenols is 3. The predicted molar refractivity (Wildman–Crippen MR) is 66.6 cm³/mol. The monoisotopic (exact) mass is 258 g/mol. The van der Waals surface area contributed by atoms with Crippen LogP contribution in [0.15, 0.2) is 23.5 Å². The standard InChI is InChI=1S/C12H10N4O3/c1-16-6-15-8(4-13)12(16)14-5-7-2-9(17)11(19)10(18)3-7/h2-3,5-6,17-19H,1H3/b14-5+. The first-order valence-corrected chi connectivity index (χ1v) is 5.23. The molecule has 0 radical (unpaired) electrons. The van der Waals surface area contributed by atoms with Crippen LogP contribution in [-0.2, 0) is 7.05 Å². The number of imidazole rings is 1. The van der Waals surface area contributed by atoms with E-state index < -0.39 is 17.2 Å². The van der Waals surface area contributed by atoms with Gasteiger partial charge in [0.25, 0.3) is 0 Å². The van der Waals surface area contributed by atoms with Crippen molar-refractivity contribution >= 4 is 12.0 Å². The number of aromatic hydroxyl groups is 3. The molecule has 0 bridgehead atoms. The van der Waals surface area contributed by atoms with Crippen LogP contribution in [0.3, 0.4) is 0 Å². The second-order valence-corrected chi connectivity index (χ2v) is 3.81. The molecule has 0 atom stereocenters. The molecule has 96 valence electrons. The van der Waals surface area contributed by atoms with Crippen LogP contribution in [0.4, 0.5) is 5.82 Å². The summed E-state index contributed by atoms with van der Waals surface area (Å²) in [4.78, 5) is 7.91. The number of phenolic OH excluding ortho intramolecular Hbond substituents is 3. The number of nitriles is 1. The Balaban J connectivity index is 2.39. The Morgan fingerprint density at radius 2 is 1.95 bits per heavy atom. The molecule has 1 aromatic heterocycles. The van der Waals surface area contributed by atoms with Gasteiger partial charge in [0, 0.05) is 18.8 Å². The van der Waals surface area contributed by atoms with E-state index in [1.807, 2.05) is 6.07 Å². The minimum atomic E-state index is -0.588. The second kappa shape index (κ2) is 4.70. The molecule has 0 saturated heterocycles. The normalized spacial score (nSPS) is 10.7. The molecule has 0 unspecified atom stereocenters. The average molecular weight is 258 g/mol. The zero-order chi connectivity index (χ0) is 14.0. The molecule has 0 amide bonds. The van der Waals surface area contributed by atoms with Crippen LogP contribution in [0.25, 0.3) is 0 Å². The molecule has 1 heterocycles. The molecule has 0 aliphatic heterocycles. The van der Waals surface area contributed by atoms with Crippen molar-refractivity contribution in [2.45, 2.75) is 0 Å². The van der Waals surface area contributed by atoms with E-state index in [1.165, 1.54) is 24.7 Å². The molecular weight excluding hydrogens is 248 g/mol. The third-order valence-corrected chi connectivity index (χ3v) is 2.44. The maximum absolute atomic E-state index is 9.35. The summed E-state index contributed by atoms with van der Waals surface area (Å²) in [7, 11) is 1.69. The fourth-order valence-electron chi connectivity index (χ4n) is 1.49. The summed E-state index contributed by atoms with van der Waals surface area (Å²) in [5.41, 5.74) is 0.545. The lowest BCUT2D eigenvalue weighted by Gasteiger charge is -2.02. The van der Waals surface area contributed by atoms with Crippen LogP contribution < -0.4 is 0 Å². The van der Waals surface area contributed by atoms with Crippen LogP contribution in [0, 0.1) is 11.3 Å². The Morgan fingerprint density at radius 1 is 1.32 bits per heavy atom. The lowest BCUT2D eigenvalue weighted by Crippen LogP contribution is -1.87. The van der Waals surface area contributed by atoms with Gasteiger partial charge in [0.2, 0.25) is 0 Å². The van der Waals surface area contributed by atoms with E-state index in [0.717, 1.165) is 0 Å². The van der Waals surface area contributed by atoms with Gasteiger partial charge in [0.15, 0.2) is 28.8 Å². The summed E-state index contributed by atoms with van der Waals surface area (Å²) in [6.07, 6.45) is 2.80. The van der Waals surface area contributed by atoms with Crippen LogP contribution in [0.5, 0.6) is 17.2 Å². The van der Waals surface area contributed by atoms with E-state index in [2.05, 4.69) is 9.98 Å². The maximum Gasteiger partial charge on any atom is 0.200 e. The van der Waals surface area contributed by atoms with Crippen LogP contribution >= 0.6 is 0 Å². The number of rotatable bonds is 2. The fourth-order valence-corrected chi connectivity index (χ4v) is 1.49. The molecule has 0 aliphatic rings. The number of nitrogens with zero attached hydrogens (tertiary/aromatic N) is 4. The SMILES string of the molecule is Cn1cnc(C#N)c1/N=C/c1cc(O)c(O)c(O)c1. The van der Waals surface area contributed by atoms with Crippen molar-refractivity contribution in [3.8, 4) is 23.3 Å². The van der Waals surface area contributed by atoms with Crippen molar-refractivity contribution in [2.24, 2.45) is 12.0 Å². The van der Waals surface area contributed by atoms with E-state index >= 15 is 0 Å². The van der Waals surface area contributed by atoms with E-state index in [-0.39, 0.29) is 5.69 Å². The quantitative estimate of drug-likeness (QED) is 0.552. The van der Waals surface area contributed by atoms with E-state index in [1.54, 1.807) is 11.6 Å². The molecule has 2 rings (SSSR count). The van der Waals surface area contributed by atoms with Crippen molar-refractivity contribution in [2.75, 3.05) is 0 Å². The lowest BCUT2D eigenvalue weighted by molar-refractivity contribution is 0.368. The second-order valence-electron chi connectivity index (χ2n) is 3.81. The Labute approximate surface area is 108 Å². The van der Waals surface area contributed by atoms with Gasteiger partial charge in [-0.05, 0) is 12.1 Å². The lowest BCUT2D eigenvalue weighted by atomic mass is 10.2. The van der Waals surface area contributed by atoms with E-state index in [4.69, 9.17) is 5.26 Å². The van der Waals surface area contributed by atoms with Gasteiger partial charge in [0.1, 0.15) is 6.07 Å². The molecule has 7 nitrogen and oxygen atoms in total. The number of aliphatic imine (C=N–C) groups is 1. The zero-order valence-electron chi connectivity index (χ0n) is 9.94. The highest BCUT2D eigenvalue weighted by molar-refractivity contribution is 5.84. The first kappa shape index (κ1) is 12.4. The molecule has 0 saturated carbocycles. The van der Waals surface area contributed by atoms with Crippen molar-refractivity contribution in [3.63, 3.8) is 0 Å². The molecule has 0 aliphatic carbocycles. The summed E-state index contributed by atoms with van der Waals surface area (Å²) in [6.45, 7) is 0. The Morgan fingerprint density at radius 3 is 2.53 bits per heavy atom. The van der Waals surface area contributed by atoms with E-state index in [0.29, 0.717) is 11.4 Å². The number of hydrogen-bond acceptors (Lipinski definition) is 6. The molecule has 0 fully saturated rings. The van der Waals surface area contributed by atoms with Gasteiger partial charge in [-0.15, -0.1) is 0 Å². The maximum atomic E-state index is 9.35. The van der Waals surface area contributed by atoms with Crippen LogP contribution in [0.2, 0.25) is 0 Å². The highest BCUT2D eigenvalue weighted by Crippen LogP contribution is 2.34. The number of aromatic nitrogens is 2. The largest absolute Gasteiger partial charge is 0.504 e. The topological polar surface area (TPSA) is 115 Å². The van der Waals surface area contributed by atoms with Gasteiger partial charge in [-0.1, -0.05) is 0 Å². The van der Waals surface area contributed by atoms with Crippen LogP contribution in [0.1, 0.15) is 11.3 Å². The molecule has 2 aromatic rings. The van der Waals surface area contributed by atoms with Crippen molar-refractivity contribution in [1.82, 2.24) is 9.55 Å². The Kier molecular flexibility index (Phi) is 3.08. The van der Waals surface area contributed by atoms with E-state index in [9.17, 15) is 15.3 Å². The summed E-state index contributed by atoms with van der Waals surface area (Å²) < 4.78 is 1.56. The van der Waals surface area contributed by atoms with Crippen molar-refractivity contribution < 1.29 is 15.3 Å². The minimum absolute atomic E-state index is 0.172. The van der Waals surface area contributed by atoms with Gasteiger partial charge < -0.3 is 19.9 Å². The van der Waals surface area contributed by atoms with Crippen molar-refractivity contribution in [1.29, 1.82) is 5.26 Å². The first-order chi connectivity index (χ1) is 9.02. The molecule has 3 N–H and O–H groups in total. The van der Waals surface area contributed by atoms with Crippen molar-refractivity contribution in [3.05, 3.63) is 29.7 Å². The fraction of sp³-hybridized carbons (Fsp3) is 0.0833. The van der Waals surface area contributed by atoms with Crippen LogP contribution in [-0.4, -0.2) is 31.1 Å². The molecule has 0 spiro atoms. The first-order valence-electron chi connectivity index (χ1n) is 5.23. The highest BCUT2D eigenvalue weighted by Gasteiger charge is 2.08. The molecular formula is C12H10N4O3.